The van der Waals surface area contributed by atoms with Gasteiger partial charge in [-0.05, 0) is 48.2 Å². The monoisotopic (exact) mass is 465 g/mol. The van der Waals surface area contributed by atoms with Crippen molar-refractivity contribution in [3.8, 4) is 17.0 Å². The van der Waals surface area contributed by atoms with E-state index in [4.69, 9.17) is 14.9 Å². The largest absolute Gasteiger partial charge is 0.481 e. The minimum absolute atomic E-state index is 0.558. The normalized spacial score (nSPS) is 15.9. The zero-order valence-corrected chi connectivity index (χ0v) is 19.6. The van der Waals surface area contributed by atoms with Crippen LogP contribution >= 0.6 is 0 Å². The number of likely N-dealkylation sites (N-methyl/N-ethyl adjacent to an activating group) is 1. The van der Waals surface area contributed by atoms with Gasteiger partial charge in [-0.25, -0.2) is 14.6 Å². The second kappa shape index (κ2) is 12.1. The van der Waals surface area contributed by atoms with Crippen molar-refractivity contribution in [2.75, 3.05) is 46.9 Å². The molecule has 0 atom stereocenters. The van der Waals surface area contributed by atoms with Crippen LogP contribution in [0, 0.1) is 0 Å². The van der Waals surface area contributed by atoms with E-state index in [1.54, 1.807) is 7.11 Å². The van der Waals surface area contributed by atoms with Crippen LogP contribution in [0.3, 0.4) is 0 Å². The van der Waals surface area contributed by atoms with E-state index in [0.29, 0.717) is 18.0 Å². The van der Waals surface area contributed by atoms with Crippen LogP contribution in [0.2, 0.25) is 0 Å². The van der Waals surface area contributed by atoms with Crippen molar-refractivity contribution < 1.29 is 24.5 Å². The number of ether oxygens (including phenoxy) is 1. The number of nitrogens with zero attached hydrogens (tertiary/aromatic N) is 3. The first-order valence-electron chi connectivity index (χ1n) is 11.2. The number of carboxylic acids is 2. The maximum Gasteiger partial charge on any atom is 0.328 e. The van der Waals surface area contributed by atoms with Crippen molar-refractivity contribution in [1.29, 1.82) is 0 Å². The molecule has 0 unspecified atom stereocenters. The summed E-state index contributed by atoms with van der Waals surface area (Å²) in [6.45, 7) is 5.91. The van der Waals surface area contributed by atoms with Crippen molar-refractivity contribution in [1.82, 2.24) is 14.8 Å². The fraction of sp³-hybridized carbons (Fsp3) is 0.346. The molecule has 1 aromatic heterocycles. The number of hydrogen-bond acceptors (Lipinski definition) is 6. The third-order valence-electron chi connectivity index (χ3n) is 5.99. The predicted octanol–water partition coefficient (Wildman–Crippen LogP) is 3.05. The summed E-state index contributed by atoms with van der Waals surface area (Å²) in [6.07, 6.45) is 7.61. The van der Waals surface area contributed by atoms with E-state index in [-0.39, 0.29) is 0 Å². The summed E-state index contributed by atoms with van der Waals surface area (Å²) < 4.78 is 5.18. The van der Waals surface area contributed by atoms with Crippen LogP contribution < -0.4 is 4.74 Å². The van der Waals surface area contributed by atoms with Crippen LogP contribution in [0.5, 0.6) is 5.88 Å². The molecule has 34 heavy (non-hydrogen) atoms. The van der Waals surface area contributed by atoms with Crippen LogP contribution in [0.15, 0.2) is 54.8 Å². The topological polar surface area (TPSA) is 103 Å². The van der Waals surface area contributed by atoms with E-state index in [1.807, 2.05) is 12.3 Å². The molecule has 8 heteroatoms. The zero-order valence-electron chi connectivity index (χ0n) is 19.6. The standard InChI is InChI=1S/C22H27N3O.C4H4O4/c1-24-12-14-25(15-13-24)11-10-17-6-8-21-19(17)4-3-5-20(21)18-7-9-22(26-2)23-16-18;5-3(6)1-2-4(7)8/h3-7,9,16H,8,10-15H2,1-2H3;1-2H,(H,5,6)(H,7,8). The molecule has 0 radical (unpaired) electrons. The molecule has 2 aromatic rings. The van der Waals surface area contributed by atoms with Gasteiger partial charge in [0.25, 0.3) is 0 Å². The number of allylic oxidation sites excluding steroid dienone is 1. The SMILES string of the molecule is COc1ccc(-c2cccc3c2CC=C3CCN2CCN(C)CC2)cn1.O=C(O)C=CC(=O)O. The molecular weight excluding hydrogens is 434 g/mol. The lowest BCUT2D eigenvalue weighted by molar-refractivity contribution is -0.134. The molecule has 0 bridgehead atoms. The van der Waals surface area contributed by atoms with Gasteiger partial charge in [0.05, 0.1) is 7.11 Å². The highest BCUT2D eigenvalue weighted by atomic mass is 16.5. The van der Waals surface area contributed by atoms with Crippen LogP contribution in [0.1, 0.15) is 17.5 Å². The summed E-state index contributed by atoms with van der Waals surface area (Å²) in [7, 11) is 3.86. The molecule has 2 aliphatic rings. The highest BCUT2D eigenvalue weighted by molar-refractivity contribution is 5.89. The van der Waals surface area contributed by atoms with E-state index >= 15 is 0 Å². The number of rotatable bonds is 7. The molecule has 1 aliphatic heterocycles. The molecule has 0 amide bonds. The number of piperazine rings is 1. The Morgan fingerprint density at radius 3 is 2.29 bits per heavy atom. The number of carboxylic acid groups (broad SMARTS) is 2. The lowest BCUT2D eigenvalue weighted by Gasteiger charge is -2.32. The van der Waals surface area contributed by atoms with Crippen molar-refractivity contribution in [2.45, 2.75) is 12.8 Å². The highest BCUT2D eigenvalue weighted by Gasteiger charge is 2.20. The van der Waals surface area contributed by atoms with Crippen LogP contribution in [0.25, 0.3) is 16.7 Å². The summed E-state index contributed by atoms with van der Waals surface area (Å²) >= 11 is 0. The second-order valence-electron chi connectivity index (χ2n) is 8.26. The van der Waals surface area contributed by atoms with Crippen LogP contribution in [-0.4, -0.2) is 83.8 Å². The molecular formula is C26H31N3O5. The van der Waals surface area contributed by atoms with Gasteiger partial charge in [-0.1, -0.05) is 24.3 Å². The van der Waals surface area contributed by atoms with Gasteiger partial charge in [0.2, 0.25) is 5.88 Å². The number of methoxy groups -OCH3 is 1. The summed E-state index contributed by atoms with van der Waals surface area (Å²) in [5, 5.41) is 15.6. The number of fused-ring (bicyclic) bond motifs is 1. The van der Waals surface area contributed by atoms with Gasteiger partial charge >= 0.3 is 11.9 Å². The Balaban J connectivity index is 0.000000350. The first-order valence-corrected chi connectivity index (χ1v) is 11.2. The summed E-state index contributed by atoms with van der Waals surface area (Å²) in [5.74, 6) is -1.85. The molecule has 0 spiro atoms. The molecule has 8 nitrogen and oxygen atoms in total. The third kappa shape index (κ3) is 7.00. The number of hydrogen-bond donors (Lipinski definition) is 2. The zero-order chi connectivity index (χ0) is 24.5. The second-order valence-corrected chi connectivity index (χ2v) is 8.26. The maximum atomic E-state index is 9.55. The Morgan fingerprint density at radius 1 is 1.03 bits per heavy atom. The van der Waals surface area contributed by atoms with E-state index in [1.165, 1.54) is 48.4 Å². The first kappa shape index (κ1) is 25.1. The molecule has 1 aliphatic carbocycles. The Kier molecular flexibility index (Phi) is 8.95. The van der Waals surface area contributed by atoms with Crippen LogP contribution in [-0.2, 0) is 16.0 Å². The molecule has 1 fully saturated rings. The van der Waals surface area contributed by atoms with Gasteiger partial charge in [0.15, 0.2) is 0 Å². The smallest absolute Gasteiger partial charge is 0.328 e. The lowest BCUT2D eigenvalue weighted by atomic mass is 9.95. The summed E-state index contributed by atoms with van der Waals surface area (Å²) in [6, 6.07) is 10.7. The number of carbonyl (C=O) groups is 2. The fourth-order valence-corrected chi connectivity index (χ4v) is 4.10. The van der Waals surface area contributed by atoms with Crippen molar-refractivity contribution in [3.63, 3.8) is 0 Å². The van der Waals surface area contributed by atoms with Crippen molar-refractivity contribution in [3.05, 3.63) is 65.9 Å². The number of pyridine rings is 1. The van der Waals surface area contributed by atoms with Crippen molar-refractivity contribution in [2.24, 2.45) is 0 Å². The number of benzene rings is 1. The molecule has 0 saturated carbocycles. The Bertz CT molecular complexity index is 1040. The quantitative estimate of drug-likeness (QED) is 0.602. The lowest BCUT2D eigenvalue weighted by Crippen LogP contribution is -2.44. The van der Waals surface area contributed by atoms with E-state index in [2.05, 4.69) is 52.2 Å². The Morgan fingerprint density at radius 2 is 1.71 bits per heavy atom. The molecule has 180 valence electrons. The van der Waals surface area contributed by atoms with Gasteiger partial charge in [0, 0.05) is 62.7 Å². The average Bonchev–Trinajstić information content (AvgIpc) is 3.26. The van der Waals surface area contributed by atoms with Gasteiger partial charge in [-0.15, -0.1) is 0 Å². The number of aliphatic carboxylic acids is 2. The molecule has 1 aromatic carbocycles. The summed E-state index contributed by atoms with van der Waals surface area (Å²) in [5.41, 5.74) is 6.82. The Hall–Kier alpha value is -3.49. The molecule has 2 heterocycles. The average molecular weight is 466 g/mol. The number of aromatic nitrogens is 1. The molecule has 4 rings (SSSR count). The van der Waals surface area contributed by atoms with Crippen molar-refractivity contribution >= 4 is 17.5 Å². The van der Waals surface area contributed by atoms with E-state index < -0.39 is 11.9 Å². The fourth-order valence-electron chi connectivity index (χ4n) is 4.10. The van der Waals surface area contributed by atoms with E-state index in [0.717, 1.165) is 24.9 Å². The van der Waals surface area contributed by atoms with Gasteiger partial charge in [-0.3, -0.25) is 0 Å². The first-order chi connectivity index (χ1) is 16.4. The third-order valence-corrected chi connectivity index (χ3v) is 5.99. The van der Waals surface area contributed by atoms with Gasteiger partial charge < -0.3 is 24.7 Å². The molecule has 2 N–H and O–H groups in total. The summed E-state index contributed by atoms with van der Waals surface area (Å²) in [4.78, 5) is 28.5. The Labute approximate surface area is 199 Å². The van der Waals surface area contributed by atoms with E-state index in [9.17, 15) is 9.59 Å². The predicted molar refractivity (Wildman–Crippen MR) is 131 cm³/mol. The molecule has 1 saturated heterocycles. The van der Waals surface area contributed by atoms with Gasteiger partial charge in [0.1, 0.15) is 0 Å². The van der Waals surface area contributed by atoms with Gasteiger partial charge in [-0.2, -0.15) is 0 Å². The minimum atomic E-state index is -1.26. The highest BCUT2D eigenvalue weighted by Crippen LogP contribution is 2.36. The minimum Gasteiger partial charge on any atom is -0.481 e. The van der Waals surface area contributed by atoms with Crippen LogP contribution in [0.4, 0.5) is 0 Å². The maximum absolute atomic E-state index is 9.55.